The molecule has 20 heavy (non-hydrogen) atoms. The molecule has 1 aliphatic rings. The van der Waals surface area contributed by atoms with Gasteiger partial charge in [-0.3, -0.25) is 0 Å². The molecule has 2 atom stereocenters. The average Bonchev–Trinajstić information content (AvgIpc) is 2.48. The van der Waals surface area contributed by atoms with Crippen LogP contribution in [0.3, 0.4) is 0 Å². The smallest absolute Gasteiger partial charge is 0.0509 e. The van der Waals surface area contributed by atoms with Crippen molar-refractivity contribution in [3.05, 3.63) is 35.4 Å². The fourth-order valence-corrected chi connectivity index (χ4v) is 3.11. The van der Waals surface area contributed by atoms with Gasteiger partial charge in [0.1, 0.15) is 0 Å². The van der Waals surface area contributed by atoms with E-state index in [9.17, 15) is 0 Å². The van der Waals surface area contributed by atoms with Gasteiger partial charge in [-0.25, -0.2) is 0 Å². The molecule has 0 aliphatic carbocycles. The topological polar surface area (TPSA) is 21.3 Å². The summed E-state index contributed by atoms with van der Waals surface area (Å²) in [5.74, 6) is 0.695. The Morgan fingerprint density at radius 1 is 1.40 bits per heavy atom. The highest BCUT2D eigenvalue weighted by molar-refractivity contribution is 5.22. The van der Waals surface area contributed by atoms with Gasteiger partial charge in [0.25, 0.3) is 0 Å². The van der Waals surface area contributed by atoms with Crippen molar-refractivity contribution in [1.82, 2.24) is 5.32 Å². The Labute approximate surface area is 123 Å². The summed E-state index contributed by atoms with van der Waals surface area (Å²) in [5.41, 5.74) is 2.83. The zero-order valence-electron chi connectivity index (χ0n) is 13.0. The zero-order chi connectivity index (χ0) is 14.2. The Morgan fingerprint density at radius 2 is 2.30 bits per heavy atom. The first kappa shape index (κ1) is 15.5. The van der Waals surface area contributed by atoms with Crippen molar-refractivity contribution >= 4 is 0 Å². The van der Waals surface area contributed by atoms with Crippen LogP contribution < -0.4 is 5.32 Å². The first-order chi connectivity index (χ1) is 9.79. The van der Waals surface area contributed by atoms with Crippen molar-refractivity contribution in [3.63, 3.8) is 0 Å². The maximum atomic E-state index is 5.67. The van der Waals surface area contributed by atoms with Crippen LogP contribution >= 0.6 is 0 Å². The second kappa shape index (κ2) is 8.43. The SMILES string of the molecule is CCCNC(CCc1cccc(C)c1)C1CCCOC1. The number of aryl methyl sites for hydroxylation is 2. The van der Waals surface area contributed by atoms with Crippen LogP contribution in [-0.2, 0) is 11.2 Å². The molecule has 0 radical (unpaired) electrons. The molecule has 1 fully saturated rings. The standard InChI is InChI=1S/C18H29NO/c1-3-11-19-18(17-8-5-12-20-14-17)10-9-16-7-4-6-15(2)13-16/h4,6-7,13,17-19H,3,5,8-12,14H2,1-2H3. The fraction of sp³-hybridized carbons (Fsp3) is 0.667. The van der Waals surface area contributed by atoms with Gasteiger partial charge < -0.3 is 10.1 Å². The van der Waals surface area contributed by atoms with Crippen LogP contribution in [0.2, 0.25) is 0 Å². The minimum atomic E-state index is 0.607. The molecule has 1 N–H and O–H groups in total. The molecule has 2 heteroatoms. The van der Waals surface area contributed by atoms with E-state index >= 15 is 0 Å². The molecular weight excluding hydrogens is 246 g/mol. The molecular formula is C18H29NO. The van der Waals surface area contributed by atoms with E-state index in [-0.39, 0.29) is 0 Å². The maximum absolute atomic E-state index is 5.67. The van der Waals surface area contributed by atoms with Gasteiger partial charge in [0.15, 0.2) is 0 Å². The lowest BCUT2D eigenvalue weighted by Crippen LogP contribution is -2.41. The summed E-state index contributed by atoms with van der Waals surface area (Å²) in [4.78, 5) is 0. The third kappa shape index (κ3) is 4.92. The summed E-state index contributed by atoms with van der Waals surface area (Å²) in [6.07, 6.45) is 6.13. The predicted octanol–water partition coefficient (Wildman–Crippen LogP) is 3.72. The maximum Gasteiger partial charge on any atom is 0.0509 e. The van der Waals surface area contributed by atoms with Crippen LogP contribution in [-0.4, -0.2) is 25.8 Å². The number of hydrogen-bond donors (Lipinski definition) is 1. The van der Waals surface area contributed by atoms with Gasteiger partial charge in [0.05, 0.1) is 6.61 Å². The fourth-order valence-electron chi connectivity index (χ4n) is 3.11. The van der Waals surface area contributed by atoms with Crippen LogP contribution in [0.15, 0.2) is 24.3 Å². The van der Waals surface area contributed by atoms with E-state index in [1.165, 1.54) is 43.2 Å². The molecule has 0 bridgehead atoms. The number of benzene rings is 1. The van der Waals surface area contributed by atoms with Gasteiger partial charge in [-0.05, 0) is 57.1 Å². The summed E-state index contributed by atoms with van der Waals surface area (Å²) >= 11 is 0. The Kier molecular flexibility index (Phi) is 6.55. The summed E-state index contributed by atoms with van der Waals surface area (Å²) in [6.45, 7) is 7.42. The first-order valence-corrected chi connectivity index (χ1v) is 8.16. The molecule has 2 unspecified atom stereocenters. The highest BCUT2D eigenvalue weighted by Crippen LogP contribution is 2.21. The van der Waals surface area contributed by atoms with E-state index in [2.05, 4.69) is 43.4 Å². The van der Waals surface area contributed by atoms with Gasteiger partial charge in [-0.1, -0.05) is 36.8 Å². The van der Waals surface area contributed by atoms with Gasteiger partial charge in [-0.15, -0.1) is 0 Å². The largest absolute Gasteiger partial charge is 0.381 e. The van der Waals surface area contributed by atoms with Crippen LogP contribution in [0, 0.1) is 12.8 Å². The lowest BCUT2D eigenvalue weighted by Gasteiger charge is -2.31. The van der Waals surface area contributed by atoms with Crippen molar-refractivity contribution in [2.75, 3.05) is 19.8 Å². The Morgan fingerprint density at radius 3 is 3.00 bits per heavy atom. The van der Waals surface area contributed by atoms with Gasteiger partial charge in [-0.2, -0.15) is 0 Å². The van der Waals surface area contributed by atoms with Crippen molar-refractivity contribution in [1.29, 1.82) is 0 Å². The molecule has 0 aromatic heterocycles. The van der Waals surface area contributed by atoms with Gasteiger partial charge >= 0.3 is 0 Å². The second-order valence-corrected chi connectivity index (χ2v) is 6.07. The summed E-state index contributed by atoms with van der Waals surface area (Å²) in [5, 5.41) is 3.74. The van der Waals surface area contributed by atoms with Crippen molar-refractivity contribution < 1.29 is 4.74 Å². The van der Waals surface area contributed by atoms with E-state index < -0.39 is 0 Å². The van der Waals surface area contributed by atoms with Gasteiger partial charge in [0.2, 0.25) is 0 Å². The average molecular weight is 275 g/mol. The second-order valence-electron chi connectivity index (χ2n) is 6.07. The summed E-state index contributed by atoms with van der Waals surface area (Å²) in [6, 6.07) is 9.51. The van der Waals surface area contributed by atoms with Crippen molar-refractivity contribution in [2.45, 2.75) is 52.0 Å². The lowest BCUT2D eigenvalue weighted by atomic mass is 9.89. The van der Waals surface area contributed by atoms with Gasteiger partial charge in [0, 0.05) is 12.6 Å². The highest BCUT2D eigenvalue weighted by Gasteiger charge is 2.23. The quantitative estimate of drug-likeness (QED) is 0.819. The van der Waals surface area contributed by atoms with E-state index in [0.717, 1.165) is 19.8 Å². The molecule has 1 aliphatic heterocycles. The van der Waals surface area contributed by atoms with Crippen molar-refractivity contribution in [3.8, 4) is 0 Å². The molecule has 1 aromatic rings. The molecule has 2 rings (SSSR count). The Hall–Kier alpha value is -0.860. The summed E-state index contributed by atoms with van der Waals surface area (Å²) < 4.78 is 5.67. The number of ether oxygens (including phenoxy) is 1. The number of rotatable bonds is 7. The molecule has 0 amide bonds. The van der Waals surface area contributed by atoms with E-state index in [1.807, 2.05) is 0 Å². The normalized spacial score (nSPS) is 20.8. The zero-order valence-corrected chi connectivity index (χ0v) is 13.0. The predicted molar refractivity (Wildman–Crippen MR) is 85.1 cm³/mol. The molecule has 1 heterocycles. The van der Waals surface area contributed by atoms with E-state index in [1.54, 1.807) is 0 Å². The minimum Gasteiger partial charge on any atom is -0.381 e. The molecule has 0 spiro atoms. The number of hydrogen-bond acceptors (Lipinski definition) is 2. The van der Waals surface area contributed by atoms with Crippen LogP contribution in [0.25, 0.3) is 0 Å². The molecule has 2 nitrogen and oxygen atoms in total. The summed E-state index contributed by atoms with van der Waals surface area (Å²) in [7, 11) is 0. The number of nitrogens with one attached hydrogen (secondary N) is 1. The van der Waals surface area contributed by atoms with Crippen molar-refractivity contribution in [2.24, 2.45) is 5.92 Å². The third-order valence-corrected chi connectivity index (χ3v) is 4.25. The monoisotopic (exact) mass is 275 g/mol. The molecule has 1 aromatic carbocycles. The molecule has 0 saturated carbocycles. The van der Waals surface area contributed by atoms with Crippen LogP contribution in [0.4, 0.5) is 0 Å². The van der Waals surface area contributed by atoms with Crippen LogP contribution in [0.1, 0.15) is 43.7 Å². The van der Waals surface area contributed by atoms with E-state index in [0.29, 0.717) is 12.0 Å². The third-order valence-electron chi connectivity index (χ3n) is 4.25. The highest BCUT2D eigenvalue weighted by atomic mass is 16.5. The minimum absolute atomic E-state index is 0.607. The first-order valence-electron chi connectivity index (χ1n) is 8.16. The Balaban J connectivity index is 1.89. The van der Waals surface area contributed by atoms with Crippen LogP contribution in [0.5, 0.6) is 0 Å². The molecule has 112 valence electrons. The van der Waals surface area contributed by atoms with E-state index in [4.69, 9.17) is 4.74 Å². The lowest BCUT2D eigenvalue weighted by molar-refractivity contribution is 0.0380. The Bertz CT molecular complexity index is 385. The molecule has 1 saturated heterocycles.